The Labute approximate surface area is 98.2 Å². The second kappa shape index (κ2) is 3.91. The quantitative estimate of drug-likeness (QED) is 0.757. The summed E-state index contributed by atoms with van der Waals surface area (Å²) in [7, 11) is 3.86. The third kappa shape index (κ3) is 1.66. The van der Waals surface area contributed by atoms with Crippen LogP contribution in [-0.2, 0) is 5.88 Å². The first-order valence-electron chi connectivity index (χ1n) is 4.54. The normalized spacial score (nSPS) is 10.9. The minimum atomic E-state index is 0.364. The molecule has 0 amide bonds. The third-order valence-corrected chi connectivity index (χ3v) is 2.73. The van der Waals surface area contributed by atoms with Gasteiger partial charge in [0.05, 0.1) is 16.4 Å². The van der Waals surface area contributed by atoms with E-state index >= 15 is 0 Å². The molecule has 2 aromatic rings. The van der Waals surface area contributed by atoms with Crippen LogP contribution >= 0.6 is 23.2 Å². The number of benzene rings is 1. The van der Waals surface area contributed by atoms with Crippen LogP contribution in [0.2, 0.25) is 5.02 Å². The largest absolute Gasteiger partial charge is 0.317 e. The van der Waals surface area contributed by atoms with Gasteiger partial charge >= 0.3 is 0 Å². The van der Waals surface area contributed by atoms with E-state index in [-0.39, 0.29) is 0 Å². The van der Waals surface area contributed by atoms with Gasteiger partial charge in [0.2, 0.25) is 0 Å². The molecule has 0 fully saturated rings. The molecule has 80 valence electrons. The van der Waals surface area contributed by atoms with Gasteiger partial charge in [0.15, 0.2) is 0 Å². The lowest BCUT2D eigenvalue weighted by atomic mass is 10.3. The number of imidazole rings is 1. The van der Waals surface area contributed by atoms with Crippen LogP contribution in [0.1, 0.15) is 5.82 Å². The maximum Gasteiger partial charge on any atom is 0.143 e. The minimum absolute atomic E-state index is 0.364. The molecule has 0 saturated heterocycles. The smallest absolute Gasteiger partial charge is 0.143 e. The zero-order chi connectivity index (χ0) is 11.0. The monoisotopic (exact) mass is 243 g/mol. The highest BCUT2D eigenvalue weighted by atomic mass is 35.5. The Morgan fingerprint density at radius 1 is 1.40 bits per heavy atom. The van der Waals surface area contributed by atoms with Gasteiger partial charge in [-0.1, -0.05) is 17.7 Å². The maximum atomic E-state index is 6.15. The number of nitrogens with zero attached hydrogens (tertiary/aromatic N) is 3. The van der Waals surface area contributed by atoms with Crippen molar-refractivity contribution >= 4 is 34.2 Å². The zero-order valence-corrected chi connectivity index (χ0v) is 10.0. The van der Waals surface area contributed by atoms with Gasteiger partial charge in [0, 0.05) is 14.1 Å². The van der Waals surface area contributed by atoms with Crippen LogP contribution < -0.4 is 5.01 Å². The lowest BCUT2D eigenvalue weighted by Gasteiger charge is -2.17. The van der Waals surface area contributed by atoms with Gasteiger partial charge in [-0.25, -0.2) is 9.66 Å². The highest BCUT2D eigenvalue weighted by Gasteiger charge is 2.13. The summed E-state index contributed by atoms with van der Waals surface area (Å²) < 4.78 is 1.92. The summed E-state index contributed by atoms with van der Waals surface area (Å²) in [6.07, 6.45) is 0. The molecule has 0 unspecified atom stereocenters. The van der Waals surface area contributed by atoms with E-state index in [9.17, 15) is 0 Å². The summed E-state index contributed by atoms with van der Waals surface area (Å²) in [6, 6.07) is 5.66. The number of hydrogen-bond acceptors (Lipinski definition) is 2. The molecular formula is C10H11Cl2N3. The Morgan fingerprint density at radius 2 is 2.13 bits per heavy atom. The molecule has 0 bridgehead atoms. The second-order valence-corrected chi connectivity index (χ2v) is 4.10. The van der Waals surface area contributed by atoms with Crippen LogP contribution in [0.5, 0.6) is 0 Å². The van der Waals surface area contributed by atoms with Crippen LogP contribution in [0, 0.1) is 0 Å². The molecule has 0 saturated carbocycles. The van der Waals surface area contributed by atoms with Crippen molar-refractivity contribution in [3.05, 3.63) is 29.0 Å². The number of alkyl halides is 1. The Morgan fingerprint density at radius 3 is 2.73 bits per heavy atom. The number of halogens is 2. The molecule has 3 nitrogen and oxygen atoms in total. The number of aromatic nitrogens is 2. The molecule has 15 heavy (non-hydrogen) atoms. The number of para-hydroxylation sites is 1. The third-order valence-electron chi connectivity index (χ3n) is 2.19. The summed E-state index contributed by atoms with van der Waals surface area (Å²) >= 11 is 12.0. The second-order valence-electron chi connectivity index (χ2n) is 3.43. The highest BCUT2D eigenvalue weighted by Crippen LogP contribution is 2.24. The molecule has 0 aliphatic rings. The van der Waals surface area contributed by atoms with Crippen LogP contribution in [0.25, 0.3) is 11.0 Å². The lowest BCUT2D eigenvalue weighted by Crippen LogP contribution is -2.26. The first-order chi connectivity index (χ1) is 7.15. The van der Waals surface area contributed by atoms with Gasteiger partial charge in [0.25, 0.3) is 0 Å². The molecule has 0 spiro atoms. The van der Waals surface area contributed by atoms with E-state index in [0.29, 0.717) is 10.9 Å². The van der Waals surface area contributed by atoms with Gasteiger partial charge in [-0.2, -0.15) is 0 Å². The number of fused-ring (bicyclic) bond motifs is 1. The Hall–Kier alpha value is -0.930. The molecule has 1 aromatic heterocycles. The van der Waals surface area contributed by atoms with Crippen molar-refractivity contribution in [1.29, 1.82) is 0 Å². The predicted octanol–water partition coefficient (Wildman–Crippen LogP) is 2.63. The van der Waals surface area contributed by atoms with Gasteiger partial charge in [-0.05, 0) is 12.1 Å². The first kappa shape index (κ1) is 10.6. The fourth-order valence-corrected chi connectivity index (χ4v) is 2.06. The summed E-state index contributed by atoms with van der Waals surface area (Å²) in [4.78, 5) is 4.42. The van der Waals surface area contributed by atoms with Gasteiger partial charge in [-0.3, -0.25) is 0 Å². The minimum Gasteiger partial charge on any atom is -0.317 e. The summed E-state index contributed by atoms with van der Waals surface area (Å²) in [5.41, 5.74) is 1.77. The summed E-state index contributed by atoms with van der Waals surface area (Å²) in [5, 5.41) is 2.60. The summed E-state index contributed by atoms with van der Waals surface area (Å²) in [6.45, 7) is 0. The van der Waals surface area contributed by atoms with Crippen molar-refractivity contribution in [2.75, 3.05) is 19.1 Å². The molecule has 1 aromatic carbocycles. The van der Waals surface area contributed by atoms with E-state index in [2.05, 4.69) is 4.98 Å². The number of rotatable bonds is 2. The van der Waals surface area contributed by atoms with Crippen molar-refractivity contribution in [1.82, 2.24) is 9.66 Å². The fourth-order valence-electron chi connectivity index (χ4n) is 1.64. The molecule has 0 radical (unpaired) electrons. The van der Waals surface area contributed by atoms with Crippen LogP contribution in [-0.4, -0.2) is 23.8 Å². The van der Waals surface area contributed by atoms with Crippen LogP contribution in [0.3, 0.4) is 0 Å². The van der Waals surface area contributed by atoms with Crippen LogP contribution in [0.15, 0.2) is 18.2 Å². The molecule has 2 rings (SSSR count). The Bertz CT molecular complexity index is 491. The molecule has 0 N–H and O–H groups in total. The lowest BCUT2D eigenvalue weighted by molar-refractivity contribution is 0.719. The van der Waals surface area contributed by atoms with E-state index in [1.807, 2.05) is 42.0 Å². The van der Waals surface area contributed by atoms with Crippen molar-refractivity contribution in [3.8, 4) is 0 Å². The van der Waals surface area contributed by atoms with Crippen molar-refractivity contribution in [2.45, 2.75) is 5.88 Å². The zero-order valence-electron chi connectivity index (χ0n) is 8.54. The number of hydrogen-bond donors (Lipinski definition) is 0. The first-order valence-corrected chi connectivity index (χ1v) is 5.46. The van der Waals surface area contributed by atoms with E-state index in [0.717, 1.165) is 16.9 Å². The Balaban J connectivity index is 2.82. The molecule has 0 atom stereocenters. The average molecular weight is 244 g/mol. The standard InChI is InChI=1S/C10H11Cl2N3/c1-14(2)15-9(6-11)13-8-5-3-4-7(12)10(8)15/h3-5H,6H2,1-2H3. The molecule has 5 heteroatoms. The van der Waals surface area contributed by atoms with Crippen molar-refractivity contribution in [2.24, 2.45) is 0 Å². The summed E-state index contributed by atoms with van der Waals surface area (Å²) in [5.74, 6) is 1.16. The van der Waals surface area contributed by atoms with E-state index < -0.39 is 0 Å². The Kier molecular flexibility index (Phi) is 2.76. The predicted molar refractivity (Wildman–Crippen MR) is 64.4 cm³/mol. The SMILES string of the molecule is CN(C)n1c(CCl)nc2cccc(Cl)c21. The van der Waals surface area contributed by atoms with Crippen LogP contribution in [0.4, 0.5) is 0 Å². The molecule has 0 aliphatic heterocycles. The van der Waals surface area contributed by atoms with Gasteiger partial charge in [-0.15, -0.1) is 11.6 Å². The van der Waals surface area contributed by atoms with E-state index in [4.69, 9.17) is 23.2 Å². The van der Waals surface area contributed by atoms with Crippen molar-refractivity contribution < 1.29 is 0 Å². The highest BCUT2D eigenvalue weighted by molar-refractivity contribution is 6.35. The van der Waals surface area contributed by atoms with Gasteiger partial charge < -0.3 is 5.01 Å². The average Bonchev–Trinajstić information content (AvgIpc) is 2.57. The van der Waals surface area contributed by atoms with E-state index in [1.165, 1.54) is 0 Å². The molecule has 1 heterocycles. The van der Waals surface area contributed by atoms with E-state index in [1.54, 1.807) is 0 Å². The maximum absolute atomic E-state index is 6.15. The topological polar surface area (TPSA) is 21.1 Å². The van der Waals surface area contributed by atoms with Gasteiger partial charge in [0.1, 0.15) is 11.3 Å². The fraction of sp³-hybridized carbons (Fsp3) is 0.300. The molecule has 0 aliphatic carbocycles. The van der Waals surface area contributed by atoms with Crippen molar-refractivity contribution in [3.63, 3.8) is 0 Å². The molecular weight excluding hydrogens is 233 g/mol.